The third-order valence-corrected chi connectivity index (χ3v) is 4.17. The van der Waals surface area contributed by atoms with Crippen LogP contribution in [0.5, 0.6) is 0 Å². The Hall–Kier alpha value is -1.70. The van der Waals surface area contributed by atoms with Gasteiger partial charge in [0, 0.05) is 34.6 Å². The maximum Gasteiger partial charge on any atom is 0.0469 e. The van der Waals surface area contributed by atoms with Crippen LogP contribution in [0.1, 0.15) is 39.1 Å². The summed E-state index contributed by atoms with van der Waals surface area (Å²) in [6.07, 6.45) is 3.71. The summed E-state index contributed by atoms with van der Waals surface area (Å²) >= 11 is 0. The fraction of sp³-hybridized carbons (Fsp3) is 0.375. The predicted octanol–water partition coefficient (Wildman–Crippen LogP) is 3.73. The average molecular weight is 240 g/mol. The Balaban J connectivity index is 2.47. The summed E-state index contributed by atoms with van der Waals surface area (Å²) in [5.74, 6) is 0. The molecular weight excluding hydrogens is 220 g/mol. The van der Waals surface area contributed by atoms with Gasteiger partial charge in [0.2, 0.25) is 0 Å². The van der Waals surface area contributed by atoms with Crippen molar-refractivity contribution in [3.63, 3.8) is 0 Å². The molecule has 2 heterocycles. The lowest BCUT2D eigenvalue weighted by atomic mass is 9.64. The van der Waals surface area contributed by atoms with Gasteiger partial charge in [0.25, 0.3) is 0 Å². The van der Waals surface area contributed by atoms with E-state index < -0.39 is 0 Å². The van der Waals surface area contributed by atoms with Gasteiger partial charge in [0.1, 0.15) is 0 Å². The van der Waals surface area contributed by atoms with E-state index in [1.54, 1.807) is 0 Å². The molecule has 2 nitrogen and oxygen atoms in total. The molecule has 94 valence electrons. The summed E-state index contributed by atoms with van der Waals surface area (Å²) in [5.41, 5.74) is 2.03. The molecule has 0 saturated carbocycles. The molecule has 2 heteroatoms. The van der Waals surface area contributed by atoms with E-state index in [4.69, 9.17) is 0 Å². The largest absolute Gasteiger partial charge is 0.261 e. The van der Waals surface area contributed by atoms with Gasteiger partial charge in [-0.3, -0.25) is 9.97 Å². The van der Waals surface area contributed by atoms with Crippen molar-refractivity contribution in [2.45, 2.75) is 38.5 Å². The Labute approximate surface area is 109 Å². The molecule has 0 aliphatic heterocycles. The third-order valence-electron chi connectivity index (χ3n) is 4.17. The van der Waals surface area contributed by atoms with E-state index >= 15 is 0 Å². The van der Waals surface area contributed by atoms with Crippen molar-refractivity contribution in [2.75, 3.05) is 0 Å². The molecule has 2 rings (SSSR count). The van der Waals surface area contributed by atoms with Gasteiger partial charge >= 0.3 is 0 Å². The molecule has 0 atom stereocenters. The highest BCUT2D eigenvalue weighted by molar-refractivity contribution is 5.28. The fourth-order valence-electron chi connectivity index (χ4n) is 2.11. The van der Waals surface area contributed by atoms with Crippen LogP contribution in [0.3, 0.4) is 0 Å². The van der Waals surface area contributed by atoms with Crippen molar-refractivity contribution in [3.05, 3.63) is 60.2 Å². The molecule has 2 aromatic rings. The summed E-state index contributed by atoms with van der Waals surface area (Å²) in [5, 5.41) is 0. The van der Waals surface area contributed by atoms with Crippen LogP contribution in [-0.4, -0.2) is 9.97 Å². The zero-order chi connectivity index (χ0) is 13.2. The van der Waals surface area contributed by atoms with Gasteiger partial charge in [0.05, 0.1) is 0 Å². The van der Waals surface area contributed by atoms with Crippen LogP contribution in [0.4, 0.5) is 0 Å². The zero-order valence-electron chi connectivity index (χ0n) is 11.5. The van der Waals surface area contributed by atoms with Crippen LogP contribution in [0.2, 0.25) is 0 Å². The SMILES string of the molecule is CC(C)(c1ccccn1)C(C)(C)c1ccccn1. The lowest BCUT2D eigenvalue weighted by Gasteiger charge is -2.40. The molecule has 0 unspecified atom stereocenters. The molecule has 0 spiro atoms. The van der Waals surface area contributed by atoms with Gasteiger partial charge < -0.3 is 0 Å². The monoisotopic (exact) mass is 240 g/mol. The van der Waals surface area contributed by atoms with Gasteiger partial charge in [0.15, 0.2) is 0 Å². The lowest BCUT2D eigenvalue weighted by Crippen LogP contribution is -2.41. The highest BCUT2D eigenvalue weighted by Crippen LogP contribution is 2.41. The van der Waals surface area contributed by atoms with Crippen LogP contribution >= 0.6 is 0 Å². The summed E-state index contributed by atoms with van der Waals surface area (Å²) in [7, 11) is 0. The molecule has 0 aromatic carbocycles. The normalized spacial score (nSPS) is 12.4. The standard InChI is InChI=1S/C16H20N2/c1-15(2,13-9-5-7-11-17-13)16(3,4)14-10-6-8-12-18-14/h5-12H,1-4H3. The number of pyridine rings is 2. The minimum absolute atomic E-state index is 0.0807. The topological polar surface area (TPSA) is 25.8 Å². The highest BCUT2D eigenvalue weighted by Gasteiger charge is 2.41. The molecule has 18 heavy (non-hydrogen) atoms. The quantitative estimate of drug-likeness (QED) is 0.817. The molecule has 0 N–H and O–H groups in total. The first-order valence-corrected chi connectivity index (χ1v) is 6.29. The molecule has 0 aliphatic carbocycles. The number of nitrogens with zero attached hydrogens (tertiary/aromatic N) is 2. The Bertz CT molecular complexity index is 452. The maximum atomic E-state index is 4.51. The molecule has 0 aliphatic rings. The minimum Gasteiger partial charge on any atom is -0.261 e. The molecule has 0 amide bonds. The van der Waals surface area contributed by atoms with Crippen LogP contribution in [0, 0.1) is 0 Å². The van der Waals surface area contributed by atoms with E-state index in [9.17, 15) is 0 Å². The van der Waals surface area contributed by atoms with Crippen molar-refractivity contribution in [1.29, 1.82) is 0 Å². The first-order valence-electron chi connectivity index (χ1n) is 6.29. The Kier molecular flexibility index (Phi) is 3.20. The summed E-state index contributed by atoms with van der Waals surface area (Å²) < 4.78 is 0. The summed E-state index contributed by atoms with van der Waals surface area (Å²) in [6.45, 7) is 8.90. The molecular formula is C16H20N2. The fourth-order valence-corrected chi connectivity index (χ4v) is 2.11. The van der Waals surface area contributed by atoms with Gasteiger partial charge in [-0.2, -0.15) is 0 Å². The second-order valence-corrected chi connectivity index (χ2v) is 5.68. The molecule has 0 bridgehead atoms. The van der Waals surface area contributed by atoms with Crippen molar-refractivity contribution in [3.8, 4) is 0 Å². The number of aromatic nitrogens is 2. The van der Waals surface area contributed by atoms with E-state index in [1.807, 2.05) is 36.7 Å². The molecule has 0 saturated heterocycles. The van der Waals surface area contributed by atoms with E-state index in [-0.39, 0.29) is 10.8 Å². The Morgan fingerprint density at radius 2 is 1.06 bits per heavy atom. The smallest absolute Gasteiger partial charge is 0.0469 e. The Morgan fingerprint density at radius 1 is 0.667 bits per heavy atom. The van der Waals surface area contributed by atoms with Gasteiger partial charge in [-0.15, -0.1) is 0 Å². The van der Waals surface area contributed by atoms with E-state index in [0.717, 1.165) is 11.4 Å². The lowest BCUT2D eigenvalue weighted by molar-refractivity contribution is 0.288. The van der Waals surface area contributed by atoms with Gasteiger partial charge in [-0.25, -0.2) is 0 Å². The van der Waals surface area contributed by atoms with Crippen molar-refractivity contribution >= 4 is 0 Å². The highest BCUT2D eigenvalue weighted by atomic mass is 14.8. The number of hydrogen-bond acceptors (Lipinski definition) is 2. The van der Waals surface area contributed by atoms with Gasteiger partial charge in [-0.1, -0.05) is 39.8 Å². The first-order chi connectivity index (χ1) is 8.46. The van der Waals surface area contributed by atoms with Gasteiger partial charge in [-0.05, 0) is 24.3 Å². The zero-order valence-corrected chi connectivity index (χ0v) is 11.5. The third kappa shape index (κ3) is 2.03. The summed E-state index contributed by atoms with van der Waals surface area (Å²) in [6, 6.07) is 12.2. The van der Waals surface area contributed by atoms with Crippen LogP contribution in [-0.2, 0) is 10.8 Å². The van der Waals surface area contributed by atoms with E-state index in [1.165, 1.54) is 0 Å². The van der Waals surface area contributed by atoms with E-state index in [0.29, 0.717) is 0 Å². The van der Waals surface area contributed by atoms with Crippen molar-refractivity contribution in [2.24, 2.45) is 0 Å². The van der Waals surface area contributed by atoms with Crippen molar-refractivity contribution in [1.82, 2.24) is 9.97 Å². The van der Waals surface area contributed by atoms with E-state index in [2.05, 4.69) is 49.8 Å². The molecule has 0 fully saturated rings. The number of hydrogen-bond donors (Lipinski definition) is 0. The van der Waals surface area contributed by atoms with Crippen LogP contribution in [0.25, 0.3) is 0 Å². The molecule has 0 radical (unpaired) electrons. The maximum absolute atomic E-state index is 4.51. The summed E-state index contributed by atoms with van der Waals surface area (Å²) in [4.78, 5) is 9.03. The Morgan fingerprint density at radius 3 is 1.33 bits per heavy atom. The first kappa shape index (κ1) is 12.7. The second-order valence-electron chi connectivity index (χ2n) is 5.68. The molecule has 2 aromatic heterocycles. The average Bonchev–Trinajstić information content (AvgIpc) is 2.40. The minimum atomic E-state index is -0.0807. The van der Waals surface area contributed by atoms with Crippen LogP contribution in [0.15, 0.2) is 48.8 Å². The van der Waals surface area contributed by atoms with Crippen LogP contribution < -0.4 is 0 Å². The van der Waals surface area contributed by atoms with Crippen molar-refractivity contribution < 1.29 is 0 Å². The second kappa shape index (κ2) is 4.52. The number of rotatable bonds is 3. The predicted molar refractivity (Wildman–Crippen MR) is 74.5 cm³/mol.